The number of hydrogen-bond acceptors (Lipinski definition) is 4. The molecule has 4 aromatic rings. The zero-order valence-electron chi connectivity index (χ0n) is 15.4. The van der Waals surface area contributed by atoms with E-state index in [1.165, 1.54) is 11.1 Å². The van der Waals surface area contributed by atoms with E-state index in [4.69, 9.17) is 9.97 Å². The minimum absolute atomic E-state index is 0.692. The molecule has 1 aliphatic heterocycles. The van der Waals surface area contributed by atoms with Crippen molar-refractivity contribution < 1.29 is 0 Å². The van der Waals surface area contributed by atoms with Crippen molar-refractivity contribution in [2.45, 2.75) is 13.8 Å². The van der Waals surface area contributed by atoms with Gasteiger partial charge in [0.1, 0.15) is 6.67 Å². The maximum absolute atomic E-state index is 4.95. The molecule has 0 amide bonds. The fraction of sp³-hybridized carbons (Fsp3) is 0.130. The maximum atomic E-state index is 4.95. The van der Waals surface area contributed by atoms with Crippen molar-refractivity contribution >= 4 is 34.0 Å². The zero-order valence-corrected chi connectivity index (χ0v) is 15.4. The molecule has 0 atom stereocenters. The Bertz CT molecular complexity index is 1030. The SMILES string of the molecule is Cc1ccc(N2CN(c3ccc(C)cc3)c3nc4ccccc4nc32)cc1. The van der Waals surface area contributed by atoms with E-state index in [0.717, 1.165) is 34.0 Å². The summed E-state index contributed by atoms with van der Waals surface area (Å²) in [6.45, 7) is 4.90. The monoisotopic (exact) mass is 352 g/mol. The van der Waals surface area contributed by atoms with E-state index in [1.807, 2.05) is 24.3 Å². The number of hydrogen-bond donors (Lipinski definition) is 0. The van der Waals surface area contributed by atoms with Crippen LogP contribution in [0.1, 0.15) is 11.1 Å². The average molecular weight is 352 g/mol. The first-order valence-electron chi connectivity index (χ1n) is 9.14. The van der Waals surface area contributed by atoms with Crippen LogP contribution in [-0.2, 0) is 0 Å². The highest BCUT2D eigenvalue weighted by Crippen LogP contribution is 2.42. The van der Waals surface area contributed by atoms with E-state index in [-0.39, 0.29) is 0 Å². The second kappa shape index (κ2) is 6.09. The Kier molecular flexibility index (Phi) is 3.57. The summed E-state index contributed by atoms with van der Waals surface area (Å²) in [6, 6.07) is 25.2. The number of fused-ring (bicyclic) bond motifs is 2. The highest BCUT2D eigenvalue weighted by atomic mass is 15.4. The summed E-state index contributed by atoms with van der Waals surface area (Å²) in [5, 5.41) is 0. The third-order valence-corrected chi connectivity index (χ3v) is 5.02. The van der Waals surface area contributed by atoms with Crippen LogP contribution in [-0.4, -0.2) is 16.6 Å². The minimum Gasteiger partial charge on any atom is -0.305 e. The van der Waals surface area contributed by atoms with Crippen LogP contribution in [0.3, 0.4) is 0 Å². The summed E-state index contributed by atoms with van der Waals surface area (Å²) in [7, 11) is 0. The van der Waals surface area contributed by atoms with Crippen LogP contribution in [0.4, 0.5) is 23.0 Å². The van der Waals surface area contributed by atoms with E-state index in [1.54, 1.807) is 0 Å². The molecule has 1 aromatic heterocycles. The molecule has 0 N–H and O–H groups in total. The van der Waals surface area contributed by atoms with Gasteiger partial charge in [-0.25, -0.2) is 9.97 Å². The quantitative estimate of drug-likeness (QED) is 0.477. The van der Waals surface area contributed by atoms with Gasteiger partial charge in [0, 0.05) is 11.4 Å². The molecule has 2 heterocycles. The van der Waals surface area contributed by atoms with Crippen LogP contribution in [0.2, 0.25) is 0 Å². The summed E-state index contributed by atoms with van der Waals surface area (Å²) < 4.78 is 0. The molecule has 0 spiro atoms. The van der Waals surface area contributed by atoms with Crippen molar-refractivity contribution in [3.05, 3.63) is 83.9 Å². The van der Waals surface area contributed by atoms with Crippen molar-refractivity contribution in [2.24, 2.45) is 0 Å². The minimum atomic E-state index is 0.692. The number of aromatic nitrogens is 2. The predicted octanol–water partition coefficient (Wildman–Crippen LogP) is 5.49. The molecule has 27 heavy (non-hydrogen) atoms. The smallest absolute Gasteiger partial charge is 0.179 e. The molecule has 4 heteroatoms. The normalized spacial score (nSPS) is 13.3. The van der Waals surface area contributed by atoms with Gasteiger partial charge in [0.15, 0.2) is 11.6 Å². The van der Waals surface area contributed by atoms with E-state index in [9.17, 15) is 0 Å². The number of nitrogens with zero attached hydrogens (tertiary/aromatic N) is 4. The van der Waals surface area contributed by atoms with Crippen LogP contribution in [0, 0.1) is 13.8 Å². The first-order chi connectivity index (χ1) is 13.2. The highest BCUT2D eigenvalue weighted by molar-refractivity contribution is 5.88. The first-order valence-corrected chi connectivity index (χ1v) is 9.14. The molecule has 0 aliphatic carbocycles. The lowest BCUT2D eigenvalue weighted by atomic mass is 10.2. The van der Waals surface area contributed by atoms with Gasteiger partial charge in [-0.2, -0.15) is 0 Å². The van der Waals surface area contributed by atoms with Gasteiger partial charge >= 0.3 is 0 Å². The number of rotatable bonds is 2. The van der Waals surface area contributed by atoms with Gasteiger partial charge in [-0.15, -0.1) is 0 Å². The fourth-order valence-corrected chi connectivity index (χ4v) is 3.48. The van der Waals surface area contributed by atoms with E-state index >= 15 is 0 Å². The van der Waals surface area contributed by atoms with Crippen LogP contribution >= 0.6 is 0 Å². The first kappa shape index (κ1) is 15.8. The number of anilines is 4. The van der Waals surface area contributed by atoms with Gasteiger partial charge in [-0.3, -0.25) is 0 Å². The Morgan fingerprint density at radius 3 is 1.41 bits per heavy atom. The summed E-state index contributed by atoms with van der Waals surface area (Å²) in [4.78, 5) is 14.4. The highest BCUT2D eigenvalue weighted by Gasteiger charge is 2.31. The zero-order chi connectivity index (χ0) is 18.4. The maximum Gasteiger partial charge on any atom is 0.179 e. The van der Waals surface area contributed by atoms with Gasteiger partial charge in [0.25, 0.3) is 0 Å². The van der Waals surface area contributed by atoms with Gasteiger partial charge in [-0.1, -0.05) is 47.5 Å². The van der Waals surface area contributed by atoms with Crippen LogP contribution in [0.15, 0.2) is 72.8 Å². The van der Waals surface area contributed by atoms with Crippen molar-refractivity contribution in [1.82, 2.24) is 9.97 Å². The molecule has 1 aliphatic rings. The number of benzene rings is 3. The van der Waals surface area contributed by atoms with Gasteiger partial charge in [0.2, 0.25) is 0 Å². The summed E-state index contributed by atoms with van der Waals surface area (Å²) >= 11 is 0. The van der Waals surface area contributed by atoms with Crippen molar-refractivity contribution in [3.63, 3.8) is 0 Å². The Hall–Kier alpha value is -3.40. The van der Waals surface area contributed by atoms with Crippen molar-refractivity contribution in [3.8, 4) is 0 Å². The third-order valence-electron chi connectivity index (χ3n) is 5.02. The molecule has 0 radical (unpaired) electrons. The van der Waals surface area contributed by atoms with Crippen LogP contribution in [0.5, 0.6) is 0 Å². The van der Waals surface area contributed by atoms with Gasteiger partial charge < -0.3 is 9.80 Å². The Balaban J connectivity index is 1.69. The summed E-state index contributed by atoms with van der Waals surface area (Å²) in [5.41, 5.74) is 6.58. The summed E-state index contributed by atoms with van der Waals surface area (Å²) in [6.07, 6.45) is 0. The lowest BCUT2D eigenvalue weighted by molar-refractivity contribution is 0.976. The van der Waals surface area contributed by atoms with Gasteiger partial charge in [-0.05, 0) is 50.2 Å². The largest absolute Gasteiger partial charge is 0.305 e. The lowest BCUT2D eigenvalue weighted by Gasteiger charge is -2.21. The topological polar surface area (TPSA) is 32.3 Å². The van der Waals surface area contributed by atoms with Crippen molar-refractivity contribution in [1.29, 1.82) is 0 Å². The lowest BCUT2D eigenvalue weighted by Crippen LogP contribution is -2.24. The molecule has 4 nitrogen and oxygen atoms in total. The third kappa shape index (κ3) is 2.70. The molecular formula is C23H20N4. The molecule has 3 aromatic carbocycles. The average Bonchev–Trinajstić information content (AvgIpc) is 3.06. The molecular weight excluding hydrogens is 332 g/mol. The Labute approximate surface area is 158 Å². The number of para-hydroxylation sites is 2. The molecule has 5 rings (SSSR count). The van der Waals surface area contributed by atoms with E-state index in [2.05, 4.69) is 72.2 Å². The molecule has 0 fully saturated rings. The predicted molar refractivity (Wildman–Crippen MR) is 111 cm³/mol. The number of aryl methyl sites for hydroxylation is 2. The second-order valence-corrected chi connectivity index (χ2v) is 7.03. The Morgan fingerprint density at radius 2 is 1.00 bits per heavy atom. The summed E-state index contributed by atoms with van der Waals surface area (Å²) in [5.74, 6) is 1.80. The van der Waals surface area contributed by atoms with Crippen LogP contribution < -0.4 is 9.80 Å². The molecule has 0 saturated heterocycles. The van der Waals surface area contributed by atoms with Crippen molar-refractivity contribution in [2.75, 3.05) is 16.5 Å². The van der Waals surface area contributed by atoms with E-state index in [0.29, 0.717) is 6.67 Å². The molecule has 132 valence electrons. The second-order valence-electron chi connectivity index (χ2n) is 7.03. The van der Waals surface area contributed by atoms with Crippen LogP contribution in [0.25, 0.3) is 11.0 Å². The molecule has 0 saturated carbocycles. The fourth-order valence-electron chi connectivity index (χ4n) is 3.48. The van der Waals surface area contributed by atoms with E-state index < -0.39 is 0 Å². The Morgan fingerprint density at radius 1 is 0.593 bits per heavy atom. The van der Waals surface area contributed by atoms with Gasteiger partial charge in [0.05, 0.1) is 11.0 Å². The molecule has 0 bridgehead atoms. The standard InChI is InChI=1S/C23H20N4/c1-16-7-11-18(12-8-16)26-15-27(19-13-9-17(2)10-14-19)23-22(26)24-20-5-3-4-6-21(20)25-23/h3-14H,15H2,1-2H3. The molecule has 0 unspecified atom stereocenters.